The van der Waals surface area contributed by atoms with Crippen LogP contribution in [0.2, 0.25) is 0 Å². The molecule has 0 aromatic carbocycles. The number of hydrogen-bond donors (Lipinski definition) is 3. The standard InChI is InChI=1S/C10H19N5O3S/c1-8-13-10(7-15(8)2)19(17,18)12-6-4-3-5-9(11)14-16/h7,12,16H,3-6H2,1-2H3,(H2,11,14). The normalized spacial score (nSPS) is 12.8. The third-order valence-corrected chi connectivity index (χ3v) is 3.97. The summed E-state index contributed by atoms with van der Waals surface area (Å²) in [7, 11) is -1.83. The maximum absolute atomic E-state index is 11.9. The van der Waals surface area contributed by atoms with Gasteiger partial charge in [-0.1, -0.05) is 5.16 Å². The number of hydrogen-bond acceptors (Lipinski definition) is 5. The van der Waals surface area contributed by atoms with Crippen molar-refractivity contribution in [2.45, 2.75) is 31.2 Å². The Balaban J connectivity index is 2.44. The molecule has 8 nitrogen and oxygen atoms in total. The van der Waals surface area contributed by atoms with E-state index in [4.69, 9.17) is 10.9 Å². The van der Waals surface area contributed by atoms with Crippen LogP contribution in [0.15, 0.2) is 16.4 Å². The topological polar surface area (TPSA) is 123 Å². The third-order valence-electron chi connectivity index (χ3n) is 2.64. The summed E-state index contributed by atoms with van der Waals surface area (Å²) in [6.45, 7) is 2.02. The van der Waals surface area contributed by atoms with Gasteiger partial charge in [-0.15, -0.1) is 0 Å². The second kappa shape index (κ2) is 6.53. The van der Waals surface area contributed by atoms with Gasteiger partial charge >= 0.3 is 0 Å². The zero-order chi connectivity index (χ0) is 14.5. The zero-order valence-corrected chi connectivity index (χ0v) is 11.8. The van der Waals surface area contributed by atoms with Crippen LogP contribution in [0.4, 0.5) is 0 Å². The molecule has 0 spiro atoms. The molecule has 1 heterocycles. The van der Waals surface area contributed by atoms with Crippen molar-refractivity contribution in [3.63, 3.8) is 0 Å². The molecular formula is C10H19N5O3S. The highest BCUT2D eigenvalue weighted by molar-refractivity contribution is 7.89. The summed E-state index contributed by atoms with van der Waals surface area (Å²) in [6.07, 6.45) is 3.13. The molecule has 0 aliphatic heterocycles. The van der Waals surface area contributed by atoms with E-state index in [0.29, 0.717) is 25.1 Å². The van der Waals surface area contributed by atoms with Gasteiger partial charge in [0.05, 0.1) is 0 Å². The minimum Gasteiger partial charge on any atom is -0.409 e. The number of nitrogens with one attached hydrogen (secondary N) is 1. The Labute approximate surface area is 112 Å². The van der Waals surface area contributed by atoms with E-state index >= 15 is 0 Å². The molecule has 0 aliphatic carbocycles. The van der Waals surface area contributed by atoms with Crippen LogP contribution in [-0.2, 0) is 17.1 Å². The highest BCUT2D eigenvalue weighted by Crippen LogP contribution is 2.07. The maximum Gasteiger partial charge on any atom is 0.259 e. The second-order valence-corrected chi connectivity index (χ2v) is 5.90. The predicted octanol–water partition coefficient (Wildman–Crippen LogP) is -0.0765. The van der Waals surface area contributed by atoms with E-state index < -0.39 is 10.0 Å². The first-order chi connectivity index (χ1) is 8.86. The Morgan fingerprint density at radius 1 is 1.58 bits per heavy atom. The minimum absolute atomic E-state index is 0.0175. The monoisotopic (exact) mass is 289 g/mol. The van der Waals surface area contributed by atoms with Gasteiger partial charge in [-0.25, -0.2) is 18.1 Å². The van der Waals surface area contributed by atoms with Gasteiger partial charge in [0.25, 0.3) is 10.0 Å². The summed E-state index contributed by atoms with van der Waals surface area (Å²) < 4.78 is 27.9. The molecule has 0 atom stereocenters. The molecule has 108 valence electrons. The molecule has 0 fully saturated rings. The highest BCUT2D eigenvalue weighted by atomic mass is 32.2. The van der Waals surface area contributed by atoms with E-state index in [9.17, 15) is 8.42 Å². The lowest BCUT2D eigenvalue weighted by Crippen LogP contribution is -2.25. The van der Waals surface area contributed by atoms with Gasteiger partial charge in [-0.05, 0) is 19.8 Å². The van der Waals surface area contributed by atoms with Gasteiger partial charge in [0, 0.05) is 26.2 Å². The number of aryl methyl sites for hydroxylation is 2. The molecule has 0 amide bonds. The molecule has 19 heavy (non-hydrogen) atoms. The highest BCUT2D eigenvalue weighted by Gasteiger charge is 2.17. The number of unbranched alkanes of at least 4 members (excludes halogenated alkanes) is 1. The van der Waals surface area contributed by atoms with Crippen LogP contribution in [0, 0.1) is 6.92 Å². The number of aromatic nitrogens is 2. The van der Waals surface area contributed by atoms with Crippen LogP contribution >= 0.6 is 0 Å². The van der Waals surface area contributed by atoms with Crippen LogP contribution in [0.1, 0.15) is 25.1 Å². The Bertz CT molecular complexity index is 530. The number of nitrogens with two attached hydrogens (primary N) is 1. The lowest BCUT2D eigenvalue weighted by atomic mass is 10.2. The van der Waals surface area contributed by atoms with Crippen LogP contribution in [-0.4, -0.2) is 35.6 Å². The summed E-state index contributed by atoms with van der Waals surface area (Å²) in [5.41, 5.74) is 5.30. The predicted molar refractivity (Wildman–Crippen MR) is 70.4 cm³/mol. The van der Waals surface area contributed by atoms with E-state index in [1.54, 1.807) is 18.5 Å². The molecule has 9 heteroatoms. The first kappa shape index (κ1) is 15.4. The fraction of sp³-hybridized carbons (Fsp3) is 0.600. The van der Waals surface area contributed by atoms with Crippen molar-refractivity contribution >= 4 is 15.9 Å². The van der Waals surface area contributed by atoms with Crippen LogP contribution in [0.5, 0.6) is 0 Å². The molecule has 4 N–H and O–H groups in total. The average molecular weight is 289 g/mol. The SMILES string of the molecule is Cc1nc(S(=O)(=O)NCCCCC(N)=NO)cn1C. The summed E-state index contributed by atoms with van der Waals surface area (Å²) in [6, 6.07) is 0. The largest absolute Gasteiger partial charge is 0.409 e. The molecule has 0 bridgehead atoms. The van der Waals surface area contributed by atoms with Crippen LogP contribution in [0.25, 0.3) is 0 Å². The van der Waals surface area contributed by atoms with E-state index in [-0.39, 0.29) is 17.4 Å². The van der Waals surface area contributed by atoms with Gasteiger partial charge in [0.2, 0.25) is 0 Å². The Hall–Kier alpha value is -1.61. The van der Waals surface area contributed by atoms with Crippen molar-refractivity contribution in [1.29, 1.82) is 0 Å². The van der Waals surface area contributed by atoms with Gasteiger partial charge in [0.15, 0.2) is 5.03 Å². The molecule has 0 unspecified atom stereocenters. The fourth-order valence-corrected chi connectivity index (χ4v) is 2.53. The number of sulfonamides is 1. The number of imidazole rings is 1. The Morgan fingerprint density at radius 2 is 2.26 bits per heavy atom. The van der Waals surface area contributed by atoms with E-state index in [1.165, 1.54) is 6.20 Å². The Morgan fingerprint density at radius 3 is 2.79 bits per heavy atom. The molecule has 0 saturated heterocycles. The van der Waals surface area contributed by atoms with E-state index in [2.05, 4.69) is 14.9 Å². The van der Waals surface area contributed by atoms with Gasteiger partial charge < -0.3 is 15.5 Å². The minimum atomic E-state index is -3.56. The first-order valence-electron chi connectivity index (χ1n) is 5.83. The number of nitrogens with zero attached hydrogens (tertiary/aromatic N) is 3. The summed E-state index contributed by atoms with van der Waals surface area (Å²) in [5, 5.41) is 11.2. The molecule has 0 radical (unpaired) electrons. The molecule has 0 aliphatic rings. The van der Waals surface area contributed by atoms with Gasteiger partial charge in [-0.2, -0.15) is 0 Å². The molecule has 0 saturated carbocycles. The van der Waals surface area contributed by atoms with E-state index in [0.717, 1.165) is 0 Å². The van der Waals surface area contributed by atoms with Gasteiger partial charge in [-0.3, -0.25) is 0 Å². The summed E-state index contributed by atoms with van der Waals surface area (Å²) in [4.78, 5) is 3.96. The smallest absolute Gasteiger partial charge is 0.259 e. The fourth-order valence-electron chi connectivity index (χ4n) is 1.42. The number of amidine groups is 1. The summed E-state index contributed by atoms with van der Waals surface area (Å²) in [5.74, 6) is 0.774. The maximum atomic E-state index is 11.9. The molecule has 1 rings (SSSR count). The van der Waals surface area contributed by atoms with Crippen LogP contribution < -0.4 is 10.5 Å². The van der Waals surface area contributed by atoms with Crippen LogP contribution in [0.3, 0.4) is 0 Å². The number of rotatable bonds is 7. The van der Waals surface area contributed by atoms with Gasteiger partial charge in [0.1, 0.15) is 11.7 Å². The average Bonchev–Trinajstić information content (AvgIpc) is 2.69. The third kappa shape index (κ3) is 4.52. The van der Waals surface area contributed by atoms with Crippen molar-refractivity contribution in [3.05, 3.63) is 12.0 Å². The summed E-state index contributed by atoms with van der Waals surface area (Å²) >= 11 is 0. The molecule has 1 aromatic heterocycles. The van der Waals surface area contributed by atoms with Crippen molar-refractivity contribution in [3.8, 4) is 0 Å². The zero-order valence-electron chi connectivity index (χ0n) is 11.0. The lowest BCUT2D eigenvalue weighted by molar-refractivity contribution is 0.316. The Kier molecular flexibility index (Phi) is 5.31. The lowest BCUT2D eigenvalue weighted by Gasteiger charge is -2.03. The number of oxime groups is 1. The molecular weight excluding hydrogens is 270 g/mol. The van der Waals surface area contributed by atoms with Crippen molar-refractivity contribution in [2.75, 3.05) is 6.54 Å². The second-order valence-electron chi connectivity index (χ2n) is 4.18. The van der Waals surface area contributed by atoms with Crippen molar-refractivity contribution in [2.24, 2.45) is 17.9 Å². The molecule has 1 aromatic rings. The first-order valence-corrected chi connectivity index (χ1v) is 7.31. The van der Waals surface area contributed by atoms with Crippen molar-refractivity contribution in [1.82, 2.24) is 14.3 Å². The quantitative estimate of drug-likeness (QED) is 0.213. The van der Waals surface area contributed by atoms with E-state index in [1.807, 2.05) is 0 Å². The van der Waals surface area contributed by atoms with Crippen molar-refractivity contribution < 1.29 is 13.6 Å².